The Balaban J connectivity index is 1.37. The minimum Gasteiger partial charge on any atom is -0.192 e. The smallest absolute Gasteiger partial charge is 0.0991 e. The molecule has 1 aromatic rings. The molecule has 0 saturated heterocycles. The summed E-state index contributed by atoms with van der Waals surface area (Å²) in [6.45, 7) is 2.34. The number of nitriles is 1. The quantitative estimate of drug-likeness (QED) is 0.570. The van der Waals surface area contributed by atoms with E-state index in [0.29, 0.717) is 0 Å². The van der Waals surface area contributed by atoms with E-state index in [1.165, 1.54) is 69.8 Å². The molecule has 4 rings (SSSR count). The average molecular weight is 350 g/mol. The first kappa shape index (κ1) is 18.1. The summed E-state index contributed by atoms with van der Waals surface area (Å²) in [7, 11) is 0. The first-order chi connectivity index (χ1) is 12.8. The zero-order valence-corrected chi connectivity index (χ0v) is 16.5. The zero-order valence-electron chi connectivity index (χ0n) is 16.5. The summed E-state index contributed by atoms with van der Waals surface area (Å²) in [5, 5.41) is 9.02. The van der Waals surface area contributed by atoms with Crippen molar-refractivity contribution in [3.8, 4) is 6.07 Å². The Morgan fingerprint density at radius 1 is 0.885 bits per heavy atom. The summed E-state index contributed by atoms with van der Waals surface area (Å²) in [5.41, 5.74) is 2.27. The van der Waals surface area contributed by atoms with Crippen LogP contribution in [0.1, 0.15) is 94.6 Å². The van der Waals surface area contributed by atoms with E-state index >= 15 is 0 Å². The van der Waals surface area contributed by atoms with Gasteiger partial charge in [0.15, 0.2) is 0 Å². The average Bonchev–Trinajstić information content (AvgIpc) is 2.71. The number of nitrogens with zero attached hydrogens (tertiary/aromatic N) is 1. The van der Waals surface area contributed by atoms with Crippen LogP contribution in [0, 0.1) is 40.9 Å². The fourth-order valence-electron chi connectivity index (χ4n) is 6.78. The Kier molecular flexibility index (Phi) is 5.68. The number of benzene rings is 1. The lowest BCUT2D eigenvalue weighted by molar-refractivity contribution is 0.00524. The molecule has 1 unspecified atom stereocenters. The number of hydrogen-bond donors (Lipinski definition) is 0. The van der Waals surface area contributed by atoms with Crippen LogP contribution in [0.3, 0.4) is 0 Å². The number of unbranched alkanes of at least 4 members (excludes halogenated alkanes) is 1. The van der Waals surface area contributed by atoms with Gasteiger partial charge in [-0.1, -0.05) is 44.7 Å². The highest BCUT2D eigenvalue weighted by molar-refractivity contribution is 5.33. The van der Waals surface area contributed by atoms with Gasteiger partial charge >= 0.3 is 0 Å². The van der Waals surface area contributed by atoms with E-state index in [2.05, 4.69) is 25.1 Å². The second-order valence-corrected chi connectivity index (χ2v) is 9.49. The highest BCUT2D eigenvalue weighted by Crippen LogP contribution is 2.55. The van der Waals surface area contributed by atoms with Gasteiger partial charge in [-0.2, -0.15) is 5.26 Å². The third kappa shape index (κ3) is 3.71. The molecule has 140 valence electrons. The molecule has 1 aromatic carbocycles. The van der Waals surface area contributed by atoms with Gasteiger partial charge in [0.05, 0.1) is 11.6 Å². The normalized spacial score (nSPS) is 36.6. The molecule has 3 aliphatic rings. The number of fused-ring (bicyclic) bond motifs is 3. The summed E-state index contributed by atoms with van der Waals surface area (Å²) in [6.07, 6.45) is 16.1. The van der Waals surface area contributed by atoms with Gasteiger partial charge in [-0.05, 0) is 98.1 Å². The Hall–Kier alpha value is -1.29. The van der Waals surface area contributed by atoms with Crippen molar-refractivity contribution in [1.82, 2.24) is 0 Å². The Labute approximate surface area is 160 Å². The van der Waals surface area contributed by atoms with Crippen molar-refractivity contribution < 1.29 is 0 Å². The second kappa shape index (κ2) is 8.16. The molecule has 0 aromatic heterocycles. The highest BCUT2D eigenvalue weighted by atomic mass is 14.5. The van der Waals surface area contributed by atoms with E-state index in [0.717, 1.165) is 41.1 Å². The molecule has 26 heavy (non-hydrogen) atoms. The van der Waals surface area contributed by atoms with E-state index in [9.17, 15) is 0 Å². The van der Waals surface area contributed by atoms with Gasteiger partial charge in [-0.3, -0.25) is 0 Å². The van der Waals surface area contributed by atoms with Gasteiger partial charge < -0.3 is 0 Å². The van der Waals surface area contributed by atoms with Crippen molar-refractivity contribution in [3.63, 3.8) is 0 Å². The van der Waals surface area contributed by atoms with Crippen molar-refractivity contribution in [2.75, 3.05) is 0 Å². The van der Waals surface area contributed by atoms with Crippen LogP contribution in [0.15, 0.2) is 24.3 Å². The van der Waals surface area contributed by atoms with Crippen molar-refractivity contribution in [3.05, 3.63) is 35.4 Å². The third-order valence-electron chi connectivity index (χ3n) is 8.13. The predicted molar refractivity (Wildman–Crippen MR) is 108 cm³/mol. The van der Waals surface area contributed by atoms with E-state index in [-0.39, 0.29) is 0 Å². The molecule has 0 spiro atoms. The van der Waals surface area contributed by atoms with E-state index in [4.69, 9.17) is 5.26 Å². The first-order valence-electron chi connectivity index (χ1n) is 11.3. The fraction of sp³-hybridized carbons (Fsp3) is 0.720. The predicted octanol–water partition coefficient (Wildman–Crippen LogP) is 7.07. The molecule has 3 saturated carbocycles. The van der Waals surface area contributed by atoms with Gasteiger partial charge in [-0.25, -0.2) is 0 Å². The largest absolute Gasteiger partial charge is 0.192 e. The molecule has 1 nitrogen and oxygen atoms in total. The van der Waals surface area contributed by atoms with E-state index < -0.39 is 0 Å². The molecule has 0 radical (unpaired) electrons. The summed E-state index contributed by atoms with van der Waals surface area (Å²) in [5.74, 6) is 5.88. The molecule has 0 N–H and O–H groups in total. The molecule has 1 heteroatoms. The maximum atomic E-state index is 9.02. The maximum Gasteiger partial charge on any atom is 0.0991 e. The molecule has 0 heterocycles. The molecule has 0 bridgehead atoms. The van der Waals surface area contributed by atoms with Crippen LogP contribution in [0.2, 0.25) is 0 Å². The Morgan fingerprint density at radius 3 is 2.27 bits per heavy atom. The van der Waals surface area contributed by atoms with Gasteiger partial charge in [-0.15, -0.1) is 0 Å². The molecular weight excluding hydrogens is 314 g/mol. The SMILES string of the molecule is CCCC[C@@H]1CC[C@H]2[C@@H](CC[C@@H]3CC(c4ccc(C#N)cc4)CC[C@H]32)C1. The van der Waals surface area contributed by atoms with Gasteiger partial charge in [0, 0.05) is 0 Å². The second-order valence-electron chi connectivity index (χ2n) is 9.49. The van der Waals surface area contributed by atoms with Crippen LogP contribution in [0.25, 0.3) is 0 Å². The molecule has 0 amide bonds. The molecular formula is C25H35N. The molecule has 0 aliphatic heterocycles. The van der Waals surface area contributed by atoms with Crippen molar-refractivity contribution >= 4 is 0 Å². The fourth-order valence-corrected chi connectivity index (χ4v) is 6.78. The van der Waals surface area contributed by atoms with Crippen molar-refractivity contribution in [1.29, 1.82) is 5.26 Å². The van der Waals surface area contributed by atoms with Crippen LogP contribution in [-0.4, -0.2) is 0 Å². The van der Waals surface area contributed by atoms with E-state index in [1.54, 1.807) is 6.42 Å². The lowest BCUT2D eigenvalue weighted by Gasteiger charge is -2.51. The minimum absolute atomic E-state index is 0.737. The summed E-state index contributed by atoms with van der Waals surface area (Å²) in [6, 6.07) is 10.7. The minimum atomic E-state index is 0.737. The molecule has 3 aliphatic carbocycles. The van der Waals surface area contributed by atoms with Crippen LogP contribution in [0.4, 0.5) is 0 Å². The highest BCUT2D eigenvalue weighted by Gasteiger charge is 2.44. The number of rotatable bonds is 4. The van der Waals surface area contributed by atoms with Crippen LogP contribution in [-0.2, 0) is 0 Å². The van der Waals surface area contributed by atoms with Gasteiger partial charge in [0.1, 0.15) is 0 Å². The Bertz CT molecular complexity index is 625. The van der Waals surface area contributed by atoms with Crippen molar-refractivity contribution in [2.45, 2.75) is 83.5 Å². The monoisotopic (exact) mass is 349 g/mol. The van der Waals surface area contributed by atoms with Gasteiger partial charge in [0.2, 0.25) is 0 Å². The van der Waals surface area contributed by atoms with Crippen LogP contribution >= 0.6 is 0 Å². The topological polar surface area (TPSA) is 23.8 Å². The standard InChI is InChI=1S/C25H35N/c1-2-3-4-18-7-13-24-22(15-18)10-11-23-16-21(12-14-25(23)24)20-8-5-19(17-26)6-9-20/h5-6,8-9,18,21-25H,2-4,7,10-16H2,1H3/t18-,21?,22+,23-,24+,25-/m1/s1. The first-order valence-corrected chi connectivity index (χ1v) is 11.3. The van der Waals surface area contributed by atoms with Crippen LogP contribution in [0.5, 0.6) is 0 Å². The molecule has 6 atom stereocenters. The van der Waals surface area contributed by atoms with Gasteiger partial charge in [0.25, 0.3) is 0 Å². The lowest BCUT2D eigenvalue weighted by atomic mass is 9.55. The summed E-state index contributed by atoms with van der Waals surface area (Å²) >= 11 is 0. The lowest BCUT2D eigenvalue weighted by Crippen LogP contribution is -2.41. The summed E-state index contributed by atoms with van der Waals surface area (Å²) in [4.78, 5) is 0. The third-order valence-corrected chi connectivity index (χ3v) is 8.13. The van der Waals surface area contributed by atoms with Crippen LogP contribution < -0.4 is 0 Å². The summed E-state index contributed by atoms with van der Waals surface area (Å²) < 4.78 is 0. The molecule has 3 fully saturated rings. The maximum absolute atomic E-state index is 9.02. The Morgan fingerprint density at radius 2 is 1.58 bits per heavy atom. The zero-order chi connectivity index (χ0) is 17.9. The van der Waals surface area contributed by atoms with E-state index in [1.807, 2.05) is 12.1 Å². The number of hydrogen-bond acceptors (Lipinski definition) is 1. The van der Waals surface area contributed by atoms with Crippen molar-refractivity contribution in [2.24, 2.45) is 29.6 Å².